The van der Waals surface area contributed by atoms with Gasteiger partial charge in [-0.25, -0.2) is 13.4 Å². The number of nitrogens with two attached hydrogens (primary N) is 1. The fourth-order valence-electron chi connectivity index (χ4n) is 2.66. The summed E-state index contributed by atoms with van der Waals surface area (Å²) < 4.78 is 26.8. The van der Waals surface area contributed by atoms with Crippen molar-refractivity contribution in [3.8, 4) is 0 Å². The van der Waals surface area contributed by atoms with Gasteiger partial charge in [0.1, 0.15) is 5.82 Å². The molecule has 0 unspecified atom stereocenters. The number of carbonyl (C=O) groups excluding carboxylic acids is 1. The van der Waals surface area contributed by atoms with Crippen molar-refractivity contribution in [2.24, 2.45) is 5.73 Å². The van der Waals surface area contributed by atoms with Crippen LogP contribution >= 0.6 is 0 Å². The molecule has 1 heterocycles. The van der Waals surface area contributed by atoms with Crippen LogP contribution in [0.15, 0.2) is 71.6 Å². The molecule has 0 aliphatic carbocycles. The summed E-state index contributed by atoms with van der Waals surface area (Å²) in [5, 5.41) is 3.05. The minimum Gasteiger partial charge on any atom is -0.365 e. The van der Waals surface area contributed by atoms with Gasteiger partial charge in [-0.2, -0.15) is 0 Å². The number of benzene rings is 2. The van der Waals surface area contributed by atoms with Gasteiger partial charge in [0, 0.05) is 18.4 Å². The first kappa shape index (κ1) is 19.4. The summed E-state index contributed by atoms with van der Waals surface area (Å²) in [6, 6.07) is 18.3. The van der Waals surface area contributed by atoms with Crippen molar-refractivity contribution in [3.05, 3.63) is 78.0 Å². The van der Waals surface area contributed by atoms with E-state index in [2.05, 4.69) is 10.3 Å². The highest BCUT2D eigenvalue weighted by Gasteiger charge is 2.21. The molecule has 0 fully saturated rings. The monoisotopic (exact) mass is 396 g/mol. The summed E-state index contributed by atoms with van der Waals surface area (Å²) in [4.78, 5) is 16.2. The Morgan fingerprint density at radius 3 is 2.43 bits per heavy atom. The maximum atomic E-state index is 12.8. The van der Waals surface area contributed by atoms with Crippen molar-refractivity contribution >= 4 is 33.1 Å². The number of amides is 1. The predicted octanol–water partition coefficient (Wildman–Crippen LogP) is 3.06. The molecule has 8 heteroatoms. The average Bonchev–Trinajstić information content (AvgIpc) is 2.68. The fourth-order valence-corrected chi connectivity index (χ4v) is 3.86. The minimum absolute atomic E-state index is 0.201. The van der Waals surface area contributed by atoms with Crippen molar-refractivity contribution in [3.63, 3.8) is 0 Å². The Bertz CT molecular complexity index is 1120. The van der Waals surface area contributed by atoms with E-state index in [0.29, 0.717) is 22.9 Å². The van der Waals surface area contributed by atoms with Gasteiger partial charge in [0.25, 0.3) is 15.9 Å². The first-order valence-electron chi connectivity index (χ1n) is 8.47. The number of hydrogen-bond donors (Lipinski definition) is 2. The van der Waals surface area contributed by atoms with Gasteiger partial charge >= 0.3 is 0 Å². The Kier molecular flexibility index (Phi) is 5.32. The highest BCUT2D eigenvalue weighted by atomic mass is 32.2. The summed E-state index contributed by atoms with van der Waals surface area (Å²) in [6.07, 6.45) is 0. The van der Waals surface area contributed by atoms with Crippen LogP contribution in [0.25, 0.3) is 0 Å². The average molecular weight is 396 g/mol. The molecule has 0 aliphatic heterocycles. The molecule has 3 aromatic rings. The molecule has 1 aromatic heterocycles. The van der Waals surface area contributed by atoms with Gasteiger partial charge < -0.3 is 11.1 Å². The van der Waals surface area contributed by atoms with Gasteiger partial charge in [-0.1, -0.05) is 24.3 Å². The lowest BCUT2D eigenvalue weighted by molar-refractivity contribution is 0.100. The van der Waals surface area contributed by atoms with Crippen LogP contribution in [-0.4, -0.2) is 26.4 Å². The van der Waals surface area contributed by atoms with E-state index in [1.54, 1.807) is 73.7 Å². The van der Waals surface area contributed by atoms with Gasteiger partial charge in [0.05, 0.1) is 16.1 Å². The predicted molar refractivity (Wildman–Crippen MR) is 109 cm³/mol. The number of primary amides is 1. The van der Waals surface area contributed by atoms with Crippen LogP contribution in [0, 0.1) is 6.92 Å². The third-order valence-corrected chi connectivity index (χ3v) is 5.97. The standard InChI is InChI=1S/C20H20N4O3S/c1-14-11-12-18(19(21)25)20(22-14)23-15-7-6-8-16(13-15)24(2)28(26,27)17-9-4-3-5-10-17/h3-13H,1-2H3,(H2,21,25)(H,22,23). The lowest BCUT2D eigenvalue weighted by Crippen LogP contribution is -2.26. The van der Waals surface area contributed by atoms with Crippen LogP contribution in [0.1, 0.15) is 16.1 Å². The van der Waals surface area contributed by atoms with E-state index in [9.17, 15) is 13.2 Å². The molecule has 3 rings (SSSR count). The highest BCUT2D eigenvalue weighted by molar-refractivity contribution is 7.92. The zero-order valence-electron chi connectivity index (χ0n) is 15.5. The molecule has 7 nitrogen and oxygen atoms in total. The third kappa shape index (κ3) is 3.96. The lowest BCUT2D eigenvalue weighted by Gasteiger charge is -2.20. The molecule has 0 aliphatic rings. The number of hydrogen-bond acceptors (Lipinski definition) is 5. The SMILES string of the molecule is Cc1ccc(C(N)=O)c(Nc2cccc(N(C)S(=O)(=O)c3ccccc3)c2)n1. The van der Waals surface area contributed by atoms with Crippen LogP contribution < -0.4 is 15.4 Å². The van der Waals surface area contributed by atoms with Gasteiger partial charge in [0.2, 0.25) is 0 Å². The van der Waals surface area contributed by atoms with Crippen molar-refractivity contribution in [2.75, 3.05) is 16.7 Å². The van der Waals surface area contributed by atoms with E-state index < -0.39 is 15.9 Å². The zero-order valence-corrected chi connectivity index (χ0v) is 16.3. The highest BCUT2D eigenvalue weighted by Crippen LogP contribution is 2.26. The molecular formula is C20H20N4O3S. The number of sulfonamides is 1. The molecule has 3 N–H and O–H groups in total. The summed E-state index contributed by atoms with van der Waals surface area (Å²) in [7, 11) is -2.21. The number of nitrogens with zero attached hydrogens (tertiary/aromatic N) is 2. The van der Waals surface area contributed by atoms with Crippen LogP contribution in [0.3, 0.4) is 0 Å². The lowest BCUT2D eigenvalue weighted by atomic mass is 10.2. The fraction of sp³-hybridized carbons (Fsp3) is 0.100. The smallest absolute Gasteiger partial charge is 0.264 e. The number of carbonyl (C=O) groups is 1. The number of rotatable bonds is 6. The summed E-state index contributed by atoms with van der Waals surface area (Å²) in [5.41, 5.74) is 7.42. The molecule has 0 atom stereocenters. The quantitative estimate of drug-likeness (QED) is 0.666. The Morgan fingerprint density at radius 1 is 1.04 bits per heavy atom. The first-order valence-corrected chi connectivity index (χ1v) is 9.91. The normalized spacial score (nSPS) is 11.1. The van der Waals surface area contributed by atoms with Crippen LogP contribution in [-0.2, 0) is 10.0 Å². The minimum atomic E-state index is -3.69. The van der Waals surface area contributed by atoms with Crippen LogP contribution in [0.4, 0.5) is 17.2 Å². The molecule has 2 aromatic carbocycles. The third-order valence-electron chi connectivity index (χ3n) is 4.17. The number of aryl methyl sites for hydroxylation is 1. The van der Waals surface area contributed by atoms with E-state index in [0.717, 1.165) is 0 Å². The maximum absolute atomic E-state index is 12.8. The maximum Gasteiger partial charge on any atom is 0.264 e. The summed E-state index contributed by atoms with van der Waals surface area (Å²) >= 11 is 0. The van der Waals surface area contributed by atoms with Gasteiger partial charge in [-0.05, 0) is 49.4 Å². The van der Waals surface area contributed by atoms with Gasteiger partial charge in [-0.3, -0.25) is 9.10 Å². The largest absolute Gasteiger partial charge is 0.365 e. The first-order chi connectivity index (χ1) is 13.3. The number of anilines is 3. The number of aromatic nitrogens is 1. The van der Waals surface area contributed by atoms with Gasteiger partial charge in [-0.15, -0.1) is 0 Å². The van der Waals surface area contributed by atoms with Crippen molar-refractivity contribution in [1.82, 2.24) is 4.98 Å². The molecule has 28 heavy (non-hydrogen) atoms. The molecule has 0 spiro atoms. The molecule has 0 saturated carbocycles. The number of nitrogens with one attached hydrogen (secondary N) is 1. The van der Waals surface area contributed by atoms with Crippen molar-refractivity contribution in [2.45, 2.75) is 11.8 Å². The van der Waals surface area contributed by atoms with Crippen LogP contribution in [0.5, 0.6) is 0 Å². The van der Waals surface area contributed by atoms with Crippen molar-refractivity contribution in [1.29, 1.82) is 0 Å². The second-order valence-electron chi connectivity index (χ2n) is 6.17. The second-order valence-corrected chi connectivity index (χ2v) is 8.14. The Morgan fingerprint density at radius 2 is 1.75 bits per heavy atom. The van der Waals surface area contributed by atoms with Crippen LogP contribution in [0.2, 0.25) is 0 Å². The molecule has 0 saturated heterocycles. The molecule has 144 valence electrons. The zero-order chi connectivity index (χ0) is 20.3. The Hall–Kier alpha value is -3.39. The van der Waals surface area contributed by atoms with Crippen molar-refractivity contribution < 1.29 is 13.2 Å². The Balaban J connectivity index is 1.94. The van der Waals surface area contributed by atoms with E-state index in [1.165, 1.54) is 11.4 Å². The molecule has 0 radical (unpaired) electrons. The summed E-state index contributed by atoms with van der Waals surface area (Å²) in [6.45, 7) is 1.80. The number of pyridine rings is 1. The van der Waals surface area contributed by atoms with Gasteiger partial charge in [0.15, 0.2) is 0 Å². The van der Waals surface area contributed by atoms with E-state index in [-0.39, 0.29) is 10.5 Å². The topological polar surface area (TPSA) is 105 Å². The van der Waals surface area contributed by atoms with E-state index >= 15 is 0 Å². The Labute approximate surface area is 163 Å². The van der Waals surface area contributed by atoms with E-state index in [4.69, 9.17) is 5.73 Å². The summed E-state index contributed by atoms with van der Waals surface area (Å²) in [5.74, 6) is -0.284. The molecular weight excluding hydrogens is 376 g/mol. The molecule has 1 amide bonds. The second kappa shape index (κ2) is 7.69. The van der Waals surface area contributed by atoms with E-state index in [1.807, 2.05) is 0 Å². The molecule has 0 bridgehead atoms.